The van der Waals surface area contributed by atoms with Gasteiger partial charge in [-0.1, -0.05) is 17.3 Å². The molecule has 1 aromatic heterocycles. The number of nitrogens with zero attached hydrogens (tertiary/aromatic N) is 4. The van der Waals surface area contributed by atoms with Gasteiger partial charge in [0, 0.05) is 13.6 Å². The Kier molecular flexibility index (Phi) is 6.50. The van der Waals surface area contributed by atoms with Crippen LogP contribution in [0.1, 0.15) is 40.6 Å². The van der Waals surface area contributed by atoms with E-state index in [0.717, 1.165) is 37.2 Å². The molecule has 0 bridgehead atoms. The second kappa shape index (κ2) is 8.40. The maximum Gasteiger partial charge on any atom is 0.276 e. The predicted molar refractivity (Wildman–Crippen MR) is 95.3 cm³/mol. The molecule has 136 valence electrons. The van der Waals surface area contributed by atoms with Crippen molar-refractivity contribution in [3.8, 4) is 0 Å². The number of carbonyl (C=O) groups excluding carboxylic acids is 1. The summed E-state index contributed by atoms with van der Waals surface area (Å²) in [7, 11) is 1.69. The van der Waals surface area contributed by atoms with Gasteiger partial charge in [0.2, 0.25) is 0 Å². The molecule has 1 N–H and O–H groups in total. The van der Waals surface area contributed by atoms with E-state index in [1.165, 1.54) is 12.1 Å². The molecule has 1 amide bonds. The lowest BCUT2D eigenvalue weighted by molar-refractivity contribution is 0.0778. The molecule has 0 spiro atoms. The molecule has 8 heteroatoms. The summed E-state index contributed by atoms with van der Waals surface area (Å²) < 4.78 is 15.1. The minimum Gasteiger partial charge on any atom is -0.336 e. The van der Waals surface area contributed by atoms with Crippen molar-refractivity contribution in [2.24, 2.45) is 0 Å². The molecule has 1 fully saturated rings. The smallest absolute Gasteiger partial charge is 0.276 e. The monoisotopic (exact) mass is 367 g/mol. The summed E-state index contributed by atoms with van der Waals surface area (Å²) in [5, 5.41) is 11.6. The number of piperidine rings is 1. The average molecular weight is 368 g/mol. The van der Waals surface area contributed by atoms with Gasteiger partial charge in [-0.2, -0.15) is 0 Å². The number of nitrogens with one attached hydrogen (secondary N) is 1. The Morgan fingerprint density at radius 3 is 2.80 bits per heavy atom. The van der Waals surface area contributed by atoms with Crippen molar-refractivity contribution in [1.82, 2.24) is 25.2 Å². The van der Waals surface area contributed by atoms with Crippen LogP contribution < -0.4 is 5.32 Å². The summed E-state index contributed by atoms with van der Waals surface area (Å²) in [5.41, 5.74) is 1.90. The summed E-state index contributed by atoms with van der Waals surface area (Å²) in [6, 6.07) is 6.55. The van der Waals surface area contributed by atoms with Crippen LogP contribution in [-0.4, -0.2) is 45.9 Å². The van der Waals surface area contributed by atoms with E-state index >= 15 is 0 Å². The maximum atomic E-state index is 13.3. The number of halogens is 2. The number of benzene rings is 1. The molecule has 1 aliphatic heterocycles. The van der Waals surface area contributed by atoms with Crippen LogP contribution in [0.25, 0.3) is 0 Å². The molecule has 0 radical (unpaired) electrons. The van der Waals surface area contributed by atoms with E-state index in [9.17, 15) is 9.18 Å². The van der Waals surface area contributed by atoms with Crippen LogP contribution in [0.3, 0.4) is 0 Å². The van der Waals surface area contributed by atoms with Gasteiger partial charge in [-0.15, -0.1) is 17.5 Å². The molecule has 2 aromatic rings. The molecule has 2 heterocycles. The van der Waals surface area contributed by atoms with Gasteiger partial charge in [0.25, 0.3) is 5.91 Å². The molecule has 0 unspecified atom stereocenters. The van der Waals surface area contributed by atoms with Crippen LogP contribution in [-0.2, 0) is 6.54 Å². The number of rotatable bonds is 4. The third-order valence-electron chi connectivity index (χ3n) is 4.44. The topological polar surface area (TPSA) is 63.1 Å². The van der Waals surface area contributed by atoms with Crippen molar-refractivity contribution in [1.29, 1.82) is 0 Å². The lowest BCUT2D eigenvalue weighted by atomic mass is 10.1. The van der Waals surface area contributed by atoms with Crippen molar-refractivity contribution in [3.63, 3.8) is 0 Å². The van der Waals surface area contributed by atoms with Crippen molar-refractivity contribution < 1.29 is 9.18 Å². The minimum atomic E-state index is -0.304. The van der Waals surface area contributed by atoms with E-state index in [-0.39, 0.29) is 30.2 Å². The number of carbonyl (C=O) groups is 1. The average Bonchev–Trinajstić information content (AvgIpc) is 2.96. The molecular formula is C17H23ClFN5O. The molecule has 1 saturated heterocycles. The quantitative estimate of drug-likeness (QED) is 0.901. The molecule has 1 aliphatic rings. The van der Waals surface area contributed by atoms with Crippen molar-refractivity contribution in [2.75, 3.05) is 20.1 Å². The molecule has 25 heavy (non-hydrogen) atoms. The first-order chi connectivity index (χ1) is 11.6. The van der Waals surface area contributed by atoms with Crippen LogP contribution >= 0.6 is 12.4 Å². The number of amides is 1. The third kappa shape index (κ3) is 4.35. The minimum absolute atomic E-state index is 0. The molecule has 6 nitrogen and oxygen atoms in total. The van der Waals surface area contributed by atoms with Gasteiger partial charge in [0.15, 0.2) is 5.69 Å². The number of hydrogen-bond acceptors (Lipinski definition) is 4. The number of aromatic nitrogens is 3. The zero-order valence-corrected chi connectivity index (χ0v) is 15.2. The SMILES string of the molecule is Cc1c(C(=O)N(C)Cc2cccc(F)c2)nnn1C1CCNCC1.Cl. The third-order valence-corrected chi connectivity index (χ3v) is 4.44. The maximum absolute atomic E-state index is 13.3. The van der Waals surface area contributed by atoms with Crippen LogP contribution in [0.2, 0.25) is 0 Å². The molecular weight excluding hydrogens is 345 g/mol. The van der Waals surface area contributed by atoms with Gasteiger partial charge in [-0.3, -0.25) is 4.79 Å². The summed E-state index contributed by atoms with van der Waals surface area (Å²) in [6.07, 6.45) is 1.97. The fraction of sp³-hybridized carbons (Fsp3) is 0.471. The first-order valence-electron chi connectivity index (χ1n) is 8.18. The van der Waals surface area contributed by atoms with E-state index < -0.39 is 0 Å². The van der Waals surface area contributed by atoms with Crippen molar-refractivity contribution in [2.45, 2.75) is 32.4 Å². The second-order valence-electron chi connectivity index (χ2n) is 6.24. The van der Waals surface area contributed by atoms with E-state index in [2.05, 4.69) is 15.6 Å². The Labute approximate surface area is 152 Å². The molecule has 0 aliphatic carbocycles. The van der Waals surface area contributed by atoms with Gasteiger partial charge in [0.05, 0.1) is 11.7 Å². The Balaban J connectivity index is 0.00000225. The largest absolute Gasteiger partial charge is 0.336 e. The Morgan fingerprint density at radius 1 is 1.40 bits per heavy atom. The highest BCUT2D eigenvalue weighted by Crippen LogP contribution is 2.21. The lowest BCUT2D eigenvalue weighted by Gasteiger charge is -2.23. The van der Waals surface area contributed by atoms with Crippen LogP contribution in [0.5, 0.6) is 0 Å². The highest BCUT2D eigenvalue weighted by Gasteiger charge is 2.24. The Morgan fingerprint density at radius 2 is 2.12 bits per heavy atom. The summed E-state index contributed by atoms with van der Waals surface area (Å²) in [4.78, 5) is 14.2. The first kappa shape index (κ1) is 19.3. The number of hydrogen-bond donors (Lipinski definition) is 1. The highest BCUT2D eigenvalue weighted by atomic mass is 35.5. The van der Waals surface area contributed by atoms with Crippen LogP contribution in [0.4, 0.5) is 4.39 Å². The van der Waals surface area contributed by atoms with E-state index in [0.29, 0.717) is 12.2 Å². The van der Waals surface area contributed by atoms with Crippen LogP contribution in [0, 0.1) is 12.7 Å². The summed E-state index contributed by atoms with van der Waals surface area (Å²) in [5.74, 6) is -0.502. The Hall–Kier alpha value is -1.99. The molecule has 1 aromatic carbocycles. The molecule has 0 atom stereocenters. The fourth-order valence-corrected chi connectivity index (χ4v) is 3.10. The van der Waals surface area contributed by atoms with E-state index in [1.54, 1.807) is 24.1 Å². The standard InChI is InChI=1S/C17H22FN5O.ClH/c1-12-16(20-21-23(12)15-6-8-19-9-7-15)17(24)22(2)11-13-4-3-5-14(18)10-13;/h3-5,10,15,19H,6-9,11H2,1-2H3;1H. The first-order valence-corrected chi connectivity index (χ1v) is 8.18. The van der Waals surface area contributed by atoms with Gasteiger partial charge in [-0.25, -0.2) is 9.07 Å². The van der Waals surface area contributed by atoms with Crippen molar-refractivity contribution >= 4 is 18.3 Å². The van der Waals surface area contributed by atoms with E-state index in [4.69, 9.17) is 0 Å². The summed E-state index contributed by atoms with van der Waals surface area (Å²) in [6.45, 7) is 4.11. The van der Waals surface area contributed by atoms with E-state index in [1.807, 2.05) is 11.6 Å². The van der Waals surface area contributed by atoms with Gasteiger partial charge >= 0.3 is 0 Å². The Bertz CT molecular complexity index is 730. The lowest BCUT2D eigenvalue weighted by Crippen LogP contribution is -2.30. The normalized spacial score (nSPS) is 14.8. The second-order valence-corrected chi connectivity index (χ2v) is 6.24. The molecule has 0 saturated carbocycles. The van der Waals surface area contributed by atoms with Crippen LogP contribution in [0.15, 0.2) is 24.3 Å². The van der Waals surface area contributed by atoms with Gasteiger partial charge in [0.1, 0.15) is 5.82 Å². The zero-order valence-electron chi connectivity index (χ0n) is 14.4. The van der Waals surface area contributed by atoms with Gasteiger partial charge < -0.3 is 10.2 Å². The fourth-order valence-electron chi connectivity index (χ4n) is 3.10. The van der Waals surface area contributed by atoms with Gasteiger partial charge in [-0.05, 0) is 50.6 Å². The predicted octanol–water partition coefficient (Wildman–Crippen LogP) is 2.34. The zero-order chi connectivity index (χ0) is 17.1. The summed E-state index contributed by atoms with van der Waals surface area (Å²) >= 11 is 0. The van der Waals surface area contributed by atoms with Crippen molar-refractivity contribution in [3.05, 3.63) is 47.0 Å². The molecule has 3 rings (SSSR count). The highest BCUT2D eigenvalue weighted by molar-refractivity contribution is 5.93.